The number of carbonyl (C=O) groups excluding carboxylic acids is 1. The number of nitrogens with zero attached hydrogens (tertiary/aromatic N) is 6. The topological polar surface area (TPSA) is 75.8 Å². The van der Waals surface area contributed by atoms with Crippen LogP contribution in [0, 0.1) is 0 Å². The van der Waals surface area contributed by atoms with Gasteiger partial charge < -0.3 is 0 Å². The Balaban J connectivity index is 1.42. The van der Waals surface area contributed by atoms with Gasteiger partial charge in [0.05, 0.1) is 17.3 Å². The summed E-state index contributed by atoms with van der Waals surface area (Å²) in [4.78, 5) is 22.4. The molecule has 0 fully saturated rings. The zero-order valence-corrected chi connectivity index (χ0v) is 17.3. The van der Waals surface area contributed by atoms with Gasteiger partial charge in [-0.25, -0.2) is 15.0 Å². The molecular formula is C22H20N6OS. The number of amides is 1. The normalized spacial score (nSPS) is 16.0. The van der Waals surface area contributed by atoms with Crippen LogP contribution in [0.25, 0.3) is 16.6 Å². The summed E-state index contributed by atoms with van der Waals surface area (Å²) in [5.41, 5.74) is 2.70. The molecule has 2 aromatic heterocycles. The van der Waals surface area contributed by atoms with Crippen molar-refractivity contribution in [3.05, 3.63) is 66.0 Å². The SMILES string of the molecule is CCc1nc2c3ccccc3nc(SCC(=O)N3N=CC[C@@H]3c3ccccc3)n2n1. The first-order chi connectivity index (χ1) is 14.7. The van der Waals surface area contributed by atoms with Gasteiger partial charge in [0.15, 0.2) is 16.6 Å². The van der Waals surface area contributed by atoms with Gasteiger partial charge >= 0.3 is 0 Å². The molecule has 150 valence electrons. The van der Waals surface area contributed by atoms with Crippen LogP contribution in [-0.2, 0) is 11.2 Å². The molecule has 0 radical (unpaired) electrons. The second-order valence-corrected chi connectivity index (χ2v) is 7.96. The molecule has 1 atom stereocenters. The van der Waals surface area contributed by atoms with Gasteiger partial charge in [-0.05, 0) is 17.7 Å². The molecule has 0 saturated carbocycles. The van der Waals surface area contributed by atoms with Gasteiger partial charge in [0, 0.05) is 24.4 Å². The average molecular weight is 417 g/mol. The van der Waals surface area contributed by atoms with E-state index in [2.05, 4.69) is 15.2 Å². The fourth-order valence-electron chi connectivity index (χ4n) is 3.61. The summed E-state index contributed by atoms with van der Waals surface area (Å²) in [7, 11) is 0. The van der Waals surface area contributed by atoms with E-state index in [4.69, 9.17) is 4.98 Å². The van der Waals surface area contributed by atoms with E-state index in [0.29, 0.717) is 5.16 Å². The Kier molecular flexibility index (Phi) is 4.92. The number of fused-ring (bicyclic) bond motifs is 3. The molecule has 1 amide bonds. The van der Waals surface area contributed by atoms with Crippen LogP contribution in [0.2, 0.25) is 0 Å². The number of hydrogen-bond donors (Lipinski definition) is 0. The molecule has 0 spiro atoms. The smallest absolute Gasteiger partial charge is 0.253 e. The lowest BCUT2D eigenvalue weighted by molar-refractivity contribution is -0.130. The minimum Gasteiger partial charge on any atom is -0.272 e. The van der Waals surface area contributed by atoms with Crippen LogP contribution in [0.15, 0.2) is 64.9 Å². The molecule has 7 nitrogen and oxygen atoms in total. The van der Waals surface area contributed by atoms with E-state index in [9.17, 15) is 4.79 Å². The Bertz CT molecular complexity index is 1250. The number of hydrogen-bond acceptors (Lipinski definition) is 6. The van der Waals surface area contributed by atoms with E-state index in [1.807, 2.05) is 61.5 Å². The van der Waals surface area contributed by atoms with Crippen molar-refractivity contribution in [3.8, 4) is 0 Å². The van der Waals surface area contributed by atoms with Crippen LogP contribution in [0.5, 0.6) is 0 Å². The third-order valence-electron chi connectivity index (χ3n) is 5.10. The Labute approximate surface area is 177 Å². The number of benzene rings is 2. The van der Waals surface area contributed by atoms with Crippen molar-refractivity contribution < 1.29 is 4.79 Å². The Morgan fingerprint density at radius 3 is 2.73 bits per heavy atom. The molecule has 5 rings (SSSR count). The molecule has 0 bridgehead atoms. The lowest BCUT2D eigenvalue weighted by Gasteiger charge is -2.22. The van der Waals surface area contributed by atoms with Gasteiger partial charge in [-0.2, -0.15) is 9.62 Å². The summed E-state index contributed by atoms with van der Waals surface area (Å²) in [6.07, 6.45) is 3.26. The van der Waals surface area contributed by atoms with Gasteiger partial charge in [0.2, 0.25) is 0 Å². The Morgan fingerprint density at radius 2 is 1.90 bits per heavy atom. The third-order valence-corrected chi connectivity index (χ3v) is 6.02. The molecule has 3 heterocycles. The Hall–Kier alpha value is -3.26. The highest BCUT2D eigenvalue weighted by atomic mass is 32.2. The van der Waals surface area contributed by atoms with E-state index in [0.717, 1.165) is 40.8 Å². The van der Waals surface area contributed by atoms with Crippen LogP contribution < -0.4 is 0 Å². The summed E-state index contributed by atoms with van der Waals surface area (Å²) in [6, 6.07) is 17.8. The number of carbonyl (C=O) groups is 1. The maximum absolute atomic E-state index is 13.0. The molecule has 1 aliphatic rings. The summed E-state index contributed by atoms with van der Waals surface area (Å²) in [5.74, 6) is 0.929. The summed E-state index contributed by atoms with van der Waals surface area (Å²) in [5, 5.41) is 12.1. The molecule has 0 aliphatic carbocycles. The molecule has 1 aliphatic heterocycles. The predicted molar refractivity (Wildman–Crippen MR) is 118 cm³/mol. The van der Waals surface area contributed by atoms with Crippen molar-refractivity contribution in [1.29, 1.82) is 0 Å². The van der Waals surface area contributed by atoms with Crippen LogP contribution in [0.3, 0.4) is 0 Å². The highest BCUT2D eigenvalue weighted by molar-refractivity contribution is 7.99. The fourth-order valence-corrected chi connectivity index (χ4v) is 4.41. The van der Waals surface area contributed by atoms with Crippen molar-refractivity contribution in [2.45, 2.75) is 31.0 Å². The minimum absolute atomic E-state index is 0.0538. The second-order valence-electron chi connectivity index (χ2n) is 7.02. The zero-order chi connectivity index (χ0) is 20.5. The Morgan fingerprint density at radius 1 is 1.10 bits per heavy atom. The highest BCUT2D eigenvalue weighted by Gasteiger charge is 2.28. The first kappa shape index (κ1) is 18.7. The molecule has 8 heteroatoms. The summed E-state index contributed by atoms with van der Waals surface area (Å²) < 4.78 is 1.75. The van der Waals surface area contributed by atoms with Gasteiger partial charge in [-0.15, -0.1) is 5.10 Å². The van der Waals surface area contributed by atoms with E-state index in [1.165, 1.54) is 11.8 Å². The van der Waals surface area contributed by atoms with E-state index < -0.39 is 0 Å². The molecule has 4 aromatic rings. The second kappa shape index (κ2) is 7.87. The van der Waals surface area contributed by atoms with Crippen LogP contribution in [0.4, 0.5) is 0 Å². The molecule has 2 aromatic carbocycles. The van der Waals surface area contributed by atoms with E-state index in [-0.39, 0.29) is 17.7 Å². The maximum Gasteiger partial charge on any atom is 0.253 e. The first-order valence-corrected chi connectivity index (χ1v) is 10.9. The predicted octanol–water partition coefficient (Wildman–Crippen LogP) is 3.89. The number of para-hydroxylation sites is 1. The van der Waals surface area contributed by atoms with Gasteiger partial charge in [-0.3, -0.25) is 4.79 Å². The van der Waals surface area contributed by atoms with Crippen molar-refractivity contribution in [1.82, 2.24) is 24.6 Å². The summed E-state index contributed by atoms with van der Waals surface area (Å²) in [6.45, 7) is 2.02. The molecule has 0 N–H and O–H groups in total. The van der Waals surface area contributed by atoms with E-state index >= 15 is 0 Å². The summed E-state index contributed by atoms with van der Waals surface area (Å²) >= 11 is 1.37. The first-order valence-electron chi connectivity index (χ1n) is 9.91. The molecule has 0 unspecified atom stereocenters. The largest absolute Gasteiger partial charge is 0.272 e. The quantitative estimate of drug-likeness (QED) is 0.364. The van der Waals surface area contributed by atoms with Crippen molar-refractivity contribution in [2.75, 3.05) is 5.75 Å². The maximum atomic E-state index is 13.0. The van der Waals surface area contributed by atoms with Crippen LogP contribution in [-0.4, -0.2) is 42.5 Å². The number of thioether (sulfide) groups is 1. The van der Waals surface area contributed by atoms with Crippen LogP contribution >= 0.6 is 11.8 Å². The molecule has 0 saturated heterocycles. The molecular weight excluding hydrogens is 396 g/mol. The van der Waals surface area contributed by atoms with Crippen molar-refractivity contribution >= 4 is 40.4 Å². The number of hydrazone groups is 1. The van der Waals surface area contributed by atoms with Crippen molar-refractivity contribution in [3.63, 3.8) is 0 Å². The number of aryl methyl sites for hydroxylation is 1. The van der Waals surface area contributed by atoms with Crippen LogP contribution in [0.1, 0.15) is 30.8 Å². The van der Waals surface area contributed by atoms with E-state index in [1.54, 1.807) is 15.7 Å². The van der Waals surface area contributed by atoms with Crippen molar-refractivity contribution in [2.24, 2.45) is 5.10 Å². The molecule has 30 heavy (non-hydrogen) atoms. The number of aromatic nitrogens is 4. The number of rotatable bonds is 5. The van der Waals surface area contributed by atoms with Gasteiger partial charge in [0.1, 0.15) is 0 Å². The lowest BCUT2D eigenvalue weighted by Crippen LogP contribution is -2.28. The third kappa shape index (κ3) is 3.33. The lowest BCUT2D eigenvalue weighted by atomic mass is 10.0. The monoisotopic (exact) mass is 416 g/mol. The average Bonchev–Trinajstić information content (AvgIpc) is 3.45. The zero-order valence-electron chi connectivity index (χ0n) is 16.5. The fraction of sp³-hybridized carbons (Fsp3) is 0.227. The highest BCUT2D eigenvalue weighted by Crippen LogP contribution is 2.30. The van der Waals surface area contributed by atoms with Gasteiger partial charge in [-0.1, -0.05) is 61.2 Å². The van der Waals surface area contributed by atoms with Gasteiger partial charge in [0.25, 0.3) is 5.91 Å². The minimum atomic E-state index is -0.0541. The standard InChI is InChI=1S/C22H20N6OS/c1-2-19-25-21-16-10-6-7-11-17(16)24-22(28(21)26-19)30-14-20(29)27-18(12-13-23-27)15-8-4-3-5-9-15/h3-11,13,18H,2,12,14H2,1H3/t18-/m1/s1.